The Hall–Kier alpha value is -2.43. The quantitative estimate of drug-likeness (QED) is 0.0420. The van der Waals surface area contributed by atoms with E-state index in [-0.39, 0.29) is 12.5 Å². The number of nitrogens with one attached hydrogen (secondary N) is 1. The van der Waals surface area contributed by atoms with Crippen LogP contribution >= 0.6 is 0 Å². The molecule has 0 saturated heterocycles. The number of aliphatic hydroxyl groups excluding tert-OH is 2. The molecule has 4 heteroatoms. The largest absolute Gasteiger partial charge is 0.394 e. The van der Waals surface area contributed by atoms with E-state index in [0.29, 0.717) is 6.42 Å². The van der Waals surface area contributed by atoms with Crippen LogP contribution in [0.15, 0.2) is 85.1 Å². The summed E-state index contributed by atoms with van der Waals surface area (Å²) in [5.41, 5.74) is 0. The van der Waals surface area contributed by atoms with Gasteiger partial charge in [0.2, 0.25) is 5.91 Å². The smallest absolute Gasteiger partial charge is 0.220 e. The van der Waals surface area contributed by atoms with Gasteiger partial charge in [0.15, 0.2) is 0 Å². The van der Waals surface area contributed by atoms with E-state index < -0.39 is 12.1 Å². The van der Waals surface area contributed by atoms with E-state index in [1.54, 1.807) is 6.08 Å². The van der Waals surface area contributed by atoms with E-state index >= 15 is 0 Å². The number of hydrogen-bond donors (Lipinski definition) is 3. The first kappa shape index (κ1) is 72.6. The minimum Gasteiger partial charge on any atom is -0.394 e. The zero-order valence-electron chi connectivity index (χ0n) is 50.3. The second-order valence-electron chi connectivity index (χ2n) is 22.5. The van der Waals surface area contributed by atoms with Crippen LogP contribution in [-0.2, 0) is 4.79 Å². The molecule has 0 saturated carbocycles. The Morgan fingerprint density at radius 3 is 0.880 bits per heavy atom. The fourth-order valence-corrected chi connectivity index (χ4v) is 10.1. The standard InChI is InChI=1S/C71H129NO3/c1-3-5-7-9-11-13-15-17-19-21-23-25-27-29-31-33-35-36-37-39-41-43-45-47-49-51-53-55-57-59-61-63-65-67-71(75)72-69(68-73)70(74)66-64-62-60-58-56-54-52-50-48-46-44-42-40-38-34-32-30-28-26-24-22-20-18-16-14-12-10-8-6-4-2/h5,7,11,13,17,19,23,25,29,31,35-36,64,66,69-70,73-74H,3-4,6,8-10,12,14-16,18,20-22,24,26-28,30,32-34,37-63,65,67-68H2,1-2H3,(H,72,75)/b7-5-,13-11-,19-17-,25-23-,31-29-,36-35-,66-64+. The van der Waals surface area contributed by atoms with E-state index in [1.165, 1.54) is 257 Å². The molecule has 3 N–H and O–H groups in total. The first-order valence-corrected chi connectivity index (χ1v) is 33.3. The van der Waals surface area contributed by atoms with Gasteiger partial charge in [-0.1, -0.05) is 349 Å². The fourth-order valence-electron chi connectivity index (χ4n) is 10.1. The van der Waals surface area contributed by atoms with E-state index in [1.807, 2.05) is 6.08 Å². The maximum Gasteiger partial charge on any atom is 0.220 e. The molecule has 0 bridgehead atoms. The first-order chi connectivity index (χ1) is 37.2. The molecule has 1 amide bonds. The Morgan fingerprint density at radius 1 is 0.333 bits per heavy atom. The average molecular weight is 1040 g/mol. The van der Waals surface area contributed by atoms with Crippen LogP contribution in [0.25, 0.3) is 0 Å². The monoisotopic (exact) mass is 1040 g/mol. The van der Waals surface area contributed by atoms with Gasteiger partial charge in [-0.15, -0.1) is 0 Å². The summed E-state index contributed by atoms with van der Waals surface area (Å²) in [6.07, 6.45) is 96.5. The van der Waals surface area contributed by atoms with Crippen molar-refractivity contribution in [2.24, 2.45) is 0 Å². The van der Waals surface area contributed by atoms with Crippen molar-refractivity contribution in [1.82, 2.24) is 5.32 Å². The molecule has 436 valence electrons. The van der Waals surface area contributed by atoms with Gasteiger partial charge in [0.25, 0.3) is 0 Å². The molecule has 0 aromatic heterocycles. The van der Waals surface area contributed by atoms with Gasteiger partial charge in [-0.05, 0) is 70.6 Å². The molecule has 0 aromatic rings. The van der Waals surface area contributed by atoms with Crippen LogP contribution in [0.1, 0.15) is 341 Å². The van der Waals surface area contributed by atoms with Crippen molar-refractivity contribution in [2.45, 2.75) is 353 Å². The maximum absolute atomic E-state index is 12.5. The van der Waals surface area contributed by atoms with Crippen molar-refractivity contribution >= 4 is 5.91 Å². The predicted octanol–water partition coefficient (Wildman–Crippen LogP) is 22.7. The summed E-state index contributed by atoms with van der Waals surface area (Å²) in [7, 11) is 0. The van der Waals surface area contributed by atoms with Gasteiger partial charge >= 0.3 is 0 Å². The van der Waals surface area contributed by atoms with Crippen molar-refractivity contribution in [2.75, 3.05) is 6.61 Å². The minimum absolute atomic E-state index is 0.0629. The summed E-state index contributed by atoms with van der Waals surface area (Å²) >= 11 is 0. The fraction of sp³-hybridized carbons (Fsp3) is 0.789. The van der Waals surface area contributed by atoms with Crippen LogP contribution in [0.2, 0.25) is 0 Å². The van der Waals surface area contributed by atoms with Crippen molar-refractivity contribution in [3.8, 4) is 0 Å². The molecule has 0 aromatic carbocycles. The molecule has 0 aliphatic rings. The van der Waals surface area contributed by atoms with E-state index in [4.69, 9.17) is 0 Å². The topological polar surface area (TPSA) is 69.6 Å². The van der Waals surface area contributed by atoms with Gasteiger partial charge in [-0.3, -0.25) is 4.79 Å². The van der Waals surface area contributed by atoms with Crippen molar-refractivity contribution in [3.05, 3.63) is 85.1 Å². The number of hydrogen-bond acceptors (Lipinski definition) is 3. The second kappa shape index (κ2) is 65.9. The number of aliphatic hydroxyl groups is 2. The van der Waals surface area contributed by atoms with Crippen LogP contribution in [-0.4, -0.2) is 34.9 Å². The molecule has 0 fully saturated rings. The third kappa shape index (κ3) is 62.3. The Bertz CT molecular complexity index is 1320. The Morgan fingerprint density at radius 2 is 0.587 bits per heavy atom. The summed E-state index contributed by atoms with van der Waals surface area (Å²) in [5, 5.41) is 23.3. The molecule has 0 rings (SSSR count). The van der Waals surface area contributed by atoms with E-state index in [2.05, 4.69) is 92.1 Å². The summed E-state index contributed by atoms with van der Waals surface area (Å²) in [6, 6.07) is -0.628. The maximum atomic E-state index is 12.5. The molecule has 0 radical (unpaired) electrons. The van der Waals surface area contributed by atoms with Gasteiger partial charge in [0, 0.05) is 6.42 Å². The van der Waals surface area contributed by atoms with E-state index in [0.717, 1.165) is 64.2 Å². The zero-order chi connectivity index (χ0) is 54.1. The molecule has 2 atom stereocenters. The third-order valence-corrected chi connectivity index (χ3v) is 15.1. The number of carbonyl (C=O) groups excluding carboxylic acids is 1. The number of carbonyl (C=O) groups is 1. The van der Waals surface area contributed by atoms with E-state index in [9.17, 15) is 15.0 Å². The van der Waals surface area contributed by atoms with Gasteiger partial charge in [0.1, 0.15) is 0 Å². The highest BCUT2D eigenvalue weighted by molar-refractivity contribution is 5.76. The minimum atomic E-state index is -0.845. The Labute approximate surface area is 469 Å². The lowest BCUT2D eigenvalue weighted by molar-refractivity contribution is -0.123. The first-order valence-electron chi connectivity index (χ1n) is 33.3. The van der Waals surface area contributed by atoms with Crippen molar-refractivity contribution < 1.29 is 15.0 Å². The molecule has 4 nitrogen and oxygen atoms in total. The number of unbranched alkanes of at least 4 members (excludes halogenated alkanes) is 42. The van der Waals surface area contributed by atoms with Gasteiger partial charge in [0.05, 0.1) is 18.8 Å². The normalized spacial score (nSPS) is 13.3. The number of allylic oxidation sites excluding steroid dienone is 13. The van der Waals surface area contributed by atoms with Crippen molar-refractivity contribution in [1.29, 1.82) is 0 Å². The molecule has 0 spiro atoms. The Balaban J connectivity index is 3.48. The van der Waals surface area contributed by atoms with Gasteiger partial charge in [-0.2, -0.15) is 0 Å². The highest BCUT2D eigenvalue weighted by Crippen LogP contribution is 2.18. The van der Waals surface area contributed by atoms with Gasteiger partial charge in [-0.25, -0.2) is 0 Å². The summed E-state index contributed by atoms with van der Waals surface area (Å²) in [4.78, 5) is 12.5. The SMILES string of the molecule is CC/C=C\C/C=C\C/C=C\C/C=C\C/C=C\C/C=C\CCCCCCCCCCCCCCCCC(=O)NC(CO)C(O)/C=C/CCCCCCCCCCCCCCCCCCCCCCCCCCCCCC. The summed E-state index contributed by atoms with van der Waals surface area (Å²) in [5.74, 6) is -0.0629. The Kier molecular flexibility index (Phi) is 63.7. The van der Waals surface area contributed by atoms with Crippen LogP contribution in [0.3, 0.4) is 0 Å². The summed E-state index contributed by atoms with van der Waals surface area (Å²) < 4.78 is 0. The average Bonchev–Trinajstić information content (AvgIpc) is 3.41. The van der Waals surface area contributed by atoms with Crippen LogP contribution in [0.5, 0.6) is 0 Å². The van der Waals surface area contributed by atoms with Crippen LogP contribution in [0, 0.1) is 0 Å². The highest BCUT2D eigenvalue weighted by Gasteiger charge is 2.18. The lowest BCUT2D eigenvalue weighted by Crippen LogP contribution is -2.45. The molecular weight excluding hydrogens is 915 g/mol. The summed E-state index contributed by atoms with van der Waals surface area (Å²) in [6.45, 7) is 4.23. The molecule has 75 heavy (non-hydrogen) atoms. The lowest BCUT2D eigenvalue weighted by Gasteiger charge is -2.20. The van der Waals surface area contributed by atoms with Crippen LogP contribution in [0.4, 0.5) is 0 Å². The van der Waals surface area contributed by atoms with Crippen LogP contribution < -0.4 is 5.32 Å². The predicted molar refractivity (Wildman–Crippen MR) is 336 cm³/mol. The van der Waals surface area contributed by atoms with Crippen molar-refractivity contribution in [3.63, 3.8) is 0 Å². The molecule has 2 unspecified atom stereocenters. The molecule has 0 aliphatic heterocycles. The highest BCUT2D eigenvalue weighted by atomic mass is 16.3. The number of rotatable bonds is 61. The van der Waals surface area contributed by atoms with Gasteiger partial charge < -0.3 is 15.5 Å². The molecule has 0 heterocycles. The molecular formula is C71H129NO3. The second-order valence-corrected chi connectivity index (χ2v) is 22.5. The third-order valence-electron chi connectivity index (χ3n) is 15.1. The lowest BCUT2D eigenvalue weighted by atomic mass is 10.0. The number of amides is 1. The molecule has 0 aliphatic carbocycles. The zero-order valence-corrected chi connectivity index (χ0v) is 50.3.